The molecule has 0 bridgehead atoms. The maximum atomic E-state index is 13.7. The van der Waals surface area contributed by atoms with E-state index in [9.17, 15) is 19.1 Å². The number of ether oxygens (including phenoxy) is 1. The number of rotatable bonds is 11. The average molecular weight is 607 g/mol. The molecule has 5 aromatic rings. The molecule has 0 spiro atoms. The molecule has 0 saturated heterocycles. The highest BCUT2D eigenvalue weighted by Gasteiger charge is 2.24. The van der Waals surface area contributed by atoms with Crippen LogP contribution in [0, 0.1) is 5.13 Å². The predicted octanol–water partition coefficient (Wildman–Crippen LogP) is 5.32. The Kier molecular flexibility index (Phi) is 8.19. The fraction of sp³-hybridized carbons (Fsp3) is 0.154. The van der Waals surface area contributed by atoms with Crippen molar-refractivity contribution in [3.05, 3.63) is 70.2 Å². The van der Waals surface area contributed by atoms with Crippen molar-refractivity contribution in [3.8, 4) is 39.0 Å². The molecule has 0 aliphatic heterocycles. The van der Waals surface area contributed by atoms with Crippen molar-refractivity contribution in [2.45, 2.75) is 25.1 Å². The second kappa shape index (κ2) is 11.6. The van der Waals surface area contributed by atoms with E-state index in [1.807, 2.05) is 23.6 Å². The highest BCUT2D eigenvalue weighted by atomic mass is 32.1. The average Bonchev–Trinajstić information content (AvgIpc) is 3.68. The molecule has 0 aromatic carbocycles. The first-order chi connectivity index (χ1) is 18.3. The SMILES string of the molecule is [NH3+][C@H](Cc1cc(-c2cccs2)sc1-c1ccc(-c2sc(-c3ccc(F)s3)cc2C[C@H]([NH3+])C(=O)O)s1)OC=O. The van der Waals surface area contributed by atoms with Gasteiger partial charge in [0.05, 0.1) is 6.42 Å². The first kappa shape index (κ1) is 26.9. The molecule has 0 amide bonds. The smallest absolute Gasteiger partial charge is 0.362 e. The minimum absolute atomic E-state index is 0.260. The van der Waals surface area contributed by atoms with Gasteiger partial charge in [-0.25, -0.2) is 4.79 Å². The highest BCUT2D eigenvalue weighted by molar-refractivity contribution is 7.29. The lowest BCUT2D eigenvalue weighted by atomic mass is 10.1. The van der Waals surface area contributed by atoms with Gasteiger partial charge in [0.1, 0.15) is 0 Å². The van der Waals surface area contributed by atoms with Crippen LogP contribution in [-0.4, -0.2) is 29.8 Å². The molecular formula is C26H23FN2O4S5+2. The van der Waals surface area contributed by atoms with Crippen molar-refractivity contribution in [2.24, 2.45) is 0 Å². The summed E-state index contributed by atoms with van der Waals surface area (Å²) in [4.78, 5) is 30.6. The standard InChI is InChI=1S/C26H21FN2O4S5/c27-22-6-5-17(36-22)21-9-13(8-15(28)26(31)32)24(38-21)18-3-4-19(35-18)25-14(11-23(29)33-12-30)10-20(37-25)16-2-1-7-34-16/h1-7,9-10,12,15,23H,8,11,28-29H2,(H,31,32)/p+2/t15-,23-/m0/s1. The number of quaternary nitrogens is 2. The minimum Gasteiger partial charge on any atom is -0.477 e. The summed E-state index contributed by atoms with van der Waals surface area (Å²) < 4.78 is 18.8. The number of thiophene rings is 5. The molecule has 6 nitrogen and oxygen atoms in total. The Bertz CT molecular complexity index is 1570. The predicted molar refractivity (Wildman–Crippen MR) is 153 cm³/mol. The van der Waals surface area contributed by atoms with E-state index in [0.717, 1.165) is 56.6 Å². The maximum Gasteiger partial charge on any atom is 0.362 e. The molecule has 7 N–H and O–H groups in total. The molecule has 5 heterocycles. The minimum atomic E-state index is -0.956. The van der Waals surface area contributed by atoms with Gasteiger partial charge in [0.25, 0.3) is 6.47 Å². The fourth-order valence-electron chi connectivity index (χ4n) is 3.99. The summed E-state index contributed by atoms with van der Waals surface area (Å²) in [6.07, 6.45) is 0.268. The van der Waals surface area contributed by atoms with Gasteiger partial charge < -0.3 is 21.3 Å². The lowest BCUT2D eigenvalue weighted by molar-refractivity contribution is -0.477. The number of carbonyl (C=O) groups excluding carboxylic acids is 1. The zero-order valence-electron chi connectivity index (χ0n) is 19.8. The van der Waals surface area contributed by atoms with Crippen molar-refractivity contribution in [1.29, 1.82) is 0 Å². The van der Waals surface area contributed by atoms with Crippen LogP contribution in [0.1, 0.15) is 11.1 Å². The summed E-state index contributed by atoms with van der Waals surface area (Å²) in [5.74, 6) is -0.956. The third-order valence-corrected chi connectivity index (χ3v) is 11.7. The molecule has 0 aliphatic rings. The normalized spacial score (nSPS) is 12.9. The van der Waals surface area contributed by atoms with Crippen molar-refractivity contribution in [1.82, 2.24) is 0 Å². The van der Waals surface area contributed by atoms with E-state index < -0.39 is 18.2 Å². The number of halogens is 1. The fourth-order valence-corrected chi connectivity index (χ4v) is 9.31. The van der Waals surface area contributed by atoms with Crippen LogP contribution in [0.3, 0.4) is 0 Å². The highest BCUT2D eigenvalue weighted by Crippen LogP contribution is 2.47. The largest absolute Gasteiger partial charge is 0.477 e. The van der Waals surface area contributed by atoms with Crippen LogP contribution in [-0.2, 0) is 27.2 Å². The molecule has 2 atom stereocenters. The Labute approximate surface area is 237 Å². The molecule has 0 radical (unpaired) electrons. The number of aliphatic carboxylic acids is 1. The number of carboxylic acid groups (broad SMARTS) is 1. The summed E-state index contributed by atoms with van der Waals surface area (Å²) in [5.41, 5.74) is 9.69. The van der Waals surface area contributed by atoms with Crippen LogP contribution in [0.2, 0.25) is 0 Å². The second-order valence-corrected chi connectivity index (χ2v) is 13.6. The summed E-state index contributed by atoms with van der Waals surface area (Å²) >= 11 is 7.59. The van der Waals surface area contributed by atoms with Gasteiger partial charge in [-0.3, -0.25) is 4.79 Å². The molecule has 0 unspecified atom stereocenters. The van der Waals surface area contributed by atoms with Crippen molar-refractivity contribution in [2.75, 3.05) is 0 Å². The third kappa shape index (κ3) is 5.81. The zero-order valence-corrected chi connectivity index (χ0v) is 23.9. The van der Waals surface area contributed by atoms with Gasteiger partial charge in [-0.15, -0.1) is 56.7 Å². The van der Waals surface area contributed by atoms with E-state index >= 15 is 0 Å². The topological polar surface area (TPSA) is 119 Å². The van der Waals surface area contributed by atoms with E-state index in [1.165, 1.54) is 22.3 Å². The molecule has 0 aliphatic carbocycles. The van der Waals surface area contributed by atoms with Gasteiger partial charge in [0, 0.05) is 45.4 Å². The quantitative estimate of drug-likeness (QED) is 0.139. The van der Waals surface area contributed by atoms with Crippen LogP contribution < -0.4 is 11.5 Å². The van der Waals surface area contributed by atoms with Gasteiger partial charge >= 0.3 is 5.97 Å². The molecule has 12 heteroatoms. The van der Waals surface area contributed by atoms with Crippen LogP contribution in [0.4, 0.5) is 4.39 Å². The summed E-state index contributed by atoms with van der Waals surface area (Å²) in [6.45, 7) is 0.426. The monoisotopic (exact) mass is 606 g/mol. The third-order valence-electron chi connectivity index (χ3n) is 5.76. The lowest BCUT2D eigenvalue weighted by Gasteiger charge is -2.06. The van der Waals surface area contributed by atoms with E-state index in [0.29, 0.717) is 12.9 Å². The Balaban J connectivity index is 1.54. The summed E-state index contributed by atoms with van der Waals surface area (Å²) in [5, 5.41) is 11.2. The van der Waals surface area contributed by atoms with Gasteiger partial charge in [0.2, 0.25) is 6.23 Å². The summed E-state index contributed by atoms with van der Waals surface area (Å²) in [7, 11) is 0. The van der Waals surface area contributed by atoms with Crippen LogP contribution >= 0.6 is 56.7 Å². The van der Waals surface area contributed by atoms with Crippen molar-refractivity contribution in [3.63, 3.8) is 0 Å². The molecule has 5 rings (SSSR count). The first-order valence-electron chi connectivity index (χ1n) is 11.5. The summed E-state index contributed by atoms with van der Waals surface area (Å²) in [6, 6.07) is 14.7. The van der Waals surface area contributed by atoms with Crippen molar-refractivity contribution >= 4 is 69.1 Å². The zero-order chi connectivity index (χ0) is 26.8. The second-order valence-electron chi connectivity index (χ2n) is 8.47. The van der Waals surface area contributed by atoms with E-state index in [1.54, 1.807) is 40.1 Å². The van der Waals surface area contributed by atoms with Crippen LogP contribution in [0.25, 0.3) is 39.0 Å². The molecule has 196 valence electrons. The molecule has 0 fully saturated rings. The lowest BCUT2D eigenvalue weighted by Crippen LogP contribution is -2.65. The van der Waals surface area contributed by atoms with Crippen LogP contribution in [0.5, 0.6) is 0 Å². The number of carbonyl (C=O) groups is 2. The molecular weight excluding hydrogens is 584 g/mol. The van der Waals surface area contributed by atoms with Gasteiger partial charge in [-0.1, -0.05) is 6.07 Å². The van der Waals surface area contributed by atoms with E-state index in [4.69, 9.17) is 4.74 Å². The molecule has 0 saturated carbocycles. The number of hydrogen-bond acceptors (Lipinski definition) is 8. The number of hydrogen-bond donors (Lipinski definition) is 3. The molecule has 38 heavy (non-hydrogen) atoms. The van der Waals surface area contributed by atoms with Crippen molar-refractivity contribution < 1.29 is 35.3 Å². The Hall–Kier alpha value is -2.71. The Morgan fingerprint density at radius 1 is 0.868 bits per heavy atom. The van der Waals surface area contributed by atoms with Gasteiger partial charge in [0.15, 0.2) is 11.2 Å². The van der Waals surface area contributed by atoms with E-state index in [2.05, 4.69) is 29.7 Å². The Morgan fingerprint density at radius 2 is 1.50 bits per heavy atom. The van der Waals surface area contributed by atoms with E-state index in [-0.39, 0.29) is 11.6 Å². The Morgan fingerprint density at radius 3 is 2.05 bits per heavy atom. The number of carboxylic acids is 1. The van der Waals surface area contributed by atoms with Crippen LogP contribution in [0.15, 0.2) is 53.9 Å². The maximum absolute atomic E-state index is 13.7. The van der Waals surface area contributed by atoms with Gasteiger partial charge in [-0.2, -0.15) is 4.39 Å². The molecule has 5 aromatic heterocycles. The first-order valence-corrected chi connectivity index (χ1v) is 15.6. The van der Waals surface area contributed by atoms with Gasteiger partial charge in [-0.05, 0) is 59.0 Å².